The third kappa shape index (κ3) is 4.72. The average Bonchev–Trinajstić information content (AvgIpc) is 3.07. The molecule has 0 spiro atoms. The Labute approximate surface area is 142 Å². The number of carbonyl (C=O) groups excluding carboxylic acids is 1. The van der Waals surface area contributed by atoms with Gasteiger partial charge in [0.05, 0.1) is 0 Å². The molecule has 1 atom stereocenters. The van der Waals surface area contributed by atoms with Crippen molar-refractivity contribution in [1.82, 2.24) is 10.6 Å². The minimum Gasteiger partial charge on any atom is -0.355 e. The molecule has 3 rings (SSSR count). The molecule has 4 heteroatoms. The fourth-order valence-corrected chi connectivity index (χ4v) is 3.95. The summed E-state index contributed by atoms with van der Waals surface area (Å²) in [6.45, 7) is 1.81. The van der Waals surface area contributed by atoms with E-state index in [1.165, 1.54) is 22.8 Å². The van der Waals surface area contributed by atoms with Crippen LogP contribution in [0.4, 0.5) is 0 Å². The average molecular weight is 328 g/mol. The predicted octanol–water partition coefficient (Wildman–Crippen LogP) is 3.33. The lowest BCUT2D eigenvalue weighted by Gasteiger charge is -2.10. The van der Waals surface area contributed by atoms with E-state index in [4.69, 9.17) is 0 Å². The molecular weight excluding hydrogens is 304 g/mol. The molecule has 23 heavy (non-hydrogen) atoms. The number of carbonyl (C=O) groups is 1. The SMILES string of the molecule is O=C(CC1CCCN1)NCCSCc1cccc2ccccc12. The maximum atomic E-state index is 11.8. The van der Waals surface area contributed by atoms with Gasteiger partial charge in [0, 0.05) is 30.5 Å². The van der Waals surface area contributed by atoms with E-state index < -0.39 is 0 Å². The Balaban J connectivity index is 1.38. The Kier molecular flexibility index (Phi) is 5.94. The molecule has 1 heterocycles. The summed E-state index contributed by atoms with van der Waals surface area (Å²) in [4.78, 5) is 11.8. The highest BCUT2D eigenvalue weighted by Crippen LogP contribution is 2.22. The Morgan fingerprint density at radius 3 is 2.96 bits per heavy atom. The first-order chi connectivity index (χ1) is 11.3. The second-order valence-electron chi connectivity index (χ2n) is 6.04. The highest BCUT2D eigenvalue weighted by Gasteiger charge is 2.17. The molecule has 1 amide bonds. The molecule has 0 aromatic heterocycles. The van der Waals surface area contributed by atoms with E-state index in [2.05, 4.69) is 53.1 Å². The molecule has 1 aliphatic heterocycles. The molecule has 1 fully saturated rings. The van der Waals surface area contributed by atoms with Crippen LogP contribution in [0.5, 0.6) is 0 Å². The van der Waals surface area contributed by atoms with Crippen molar-refractivity contribution in [3.63, 3.8) is 0 Å². The highest BCUT2D eigenvalue weighted by atomic mass is 32.2. The molecule has 2 aromatic carbocycles. The summed E-state index contributed by atoms with van der Waals surface area (Å²) in [5.74, 6) is 2.12. The van der Waals surface area contributed by atoms with Crippen LogP contribution in [-0.4, -0.2) is 30.8 Å². The molecule has 1 unspecified atom stereocenters. The number of nitrogens with one attached hydrogen (secondary N) is 2. The van der Waals surface area contributed by atoms with Crippen LogP contribution in [-0.2, 0) is 10.5 Å². The lowest BCUT2D eigenvalue weighted by Crippen LogP contribution is -2.32. The van der Waals surface area contributed by atoms with E-state index in [0.29, 0.717) is 12.5 Å². The van der Waals surface area contributed by atoms with Gasteiger partial charge in [-0.1, -0.05) is 42.5 Å². The quantitative estimate of drug-likeness (QED) is 0.766. The van der Waals surface area contributed by atoms with Gasteiger partial charge in [-0.2, -0.15) is 11.8 Å². The Morgan fingerprint density at radius 2 is 2.09 bits per heavy atom. The van der Waals surface area contributed by atoms with Crippen LogP contribution in [0.3, 0.4) is 0 Å². The van der Waals surface area contributed by atoms with E-state index in [0.717, 1.165) is 31.0 Å². The number of hydrogen-bond acceptors (Lipinski definition) is 3. The largest absolute Gasteiger partial charge is 0.355 e. The number of hydrogen-bond donors (Lipinski definition) is 2. The van der Waals surface area contributed by atoms with E-state index in [1.54, 1.807) is 0 Å². The fourth-order valence-electron chi connectivity index (χ4n) is 3.09. The fraction of sp³-hybridized carbons (Fsp3) is 0.421. The van der Waals surface area contributed by atoms with Gasteiger partial charge in [0.15, 0.2) is 0 Å². The van der Waals surface area contributed by atoms with Crippen molar-refractivity contribution in [1.29, 1.82) is 0 Å². The summed E-state index contributed by atoms with van der Waals surface area (Å²) in [5, 5.41) is 9.02. The van der Waals surface area contributed by atoms with Crippen LogP contribution in [0.1, 0.15) is 24.8 Å². The molecule has 0 aliphatic carbocycles. The van der Waals surface area contributed by atoms with Crippen LogP contribution in [0.25, 0.3) is 10.8 Å². The van der Waals surface area contributed by atoms with Crippen molar-refractivity contribution in [2.24, 2.45) is 0 Å². The van der Waals surface area contributed by atoms with E-state index in [1.807, 2.05) is 11.8 Å². The summed E-state index contributed by atoms with van der Waals surface area (Å²) in [6.07, 6.45) is 2.94. The molecule has 1 saturated heterocycles. The van der Waals surface area contributed by atoms with E-state index in [-0.39, 0.29) is 5.91 Å². The van der Waals surface area contributed by atoms with Crippen LogP contribution in [0.15, 0.2) is 42.5 Å². The van der Waals surface area contributed by atoms with Crippen molar-refractivity contribution < 1.29 is 4.79 Å². The number of amides is 1. The maximum Gasteiger partial charge on any atom is 0.221 e. The molecule has 2 N–H and O–H groups in total. The number of thioether (sulfide) groups is 1. The molecule has 0 radical (unpaired) electrons. The number of rotatable bonds is 7. The summed E-state index contributed by atoms with van der Waals surface area (Å²) >= 11 is 1.88. The molecule has 0 bridgehead atoms. The Morgan fingerprint density at radius 1 is 1.22 bits per heavy atom. The van der Waals surface area contributed by atoms with Gasteiger partial charge < -0.3 is 10.6 Å². The first-order valence-corrected chi connectivity index (χ1v) is 9.53. The van der Waals surface area contributed by atoms with Crippen molar-refractivity contribution in [2.45, 2.75) is 31.1 Å². The zero-order valence-corrected chi connectivity index (χ0v) is 14.2. The Hall–Kier alpha value is -1.52. The van der Waals surface area contributed by atoms with Gasteiger partial charge >= 0.3 is 0 Å². The van der Waals surface area contributed by atoms with Gasteiger partial charge in [-0.05, 0) is 35.7 Å². The second kappa shape index (κ2) is 8.37. The zero-order chi connectivity index (χ0) is 15.9. The Bertz CT molecular complexity index is 647. The topological polar surface area (TPSA) is 41.1 Å². The lowest BCUT2D eigenvalue weighted by atomic mass is 10.1. The van der Waals surface area contributed by atoms with Crippen LogP contribution in [0.2, 0.25) is 0 Å². The molecule has 3 nitrogen and oxygen atoms in total. The van der Waals surface area contributed by atoms with Crippen molar-refractivity contribution >= 4 is 28.4 Å². The van der Waals surface area contributed by atoms with E-state index >= 15 is 0 Å². The lowest BCUT2D eigenvalue weighted by molar-refractivity contribution is -0.121. The number of fused-ring (bicyclic) bond motifs is 1. The first-order valence-electron chi connectivity index (χ1n) is 8.37. The van der Waals surface area contributed by atoms with Crippen LogP contribution < -0.4 is 10.6 Å². The summed E-state index contributed by atoms with van der Waals surface area (Å²) in [6, 6.07) is 15.4. The standard InChI is InChI=1S/C19H24N2OS/c22-19(13-17-8-4-10-20-17)21-11-12-23-14-16-7-3-6-15-5-1-2-9-18(15)16/h1-3,5-7,9,17,20H,4,8,10-14H2,(H,21,22). The predicted molar refractivity (Wildman–Crippen MR) is 98.8 cm³/mol. The van der Waals surface area contributed by atoms with Crippen molar-refractivity contribution in [2.75, 3.05) is 18.8 Å². The summed E-state index contributed by atoms with van der Waals surface area (Å²) in [5.41, 5.74) is 1.37. The van der Waals surface area contributed by atoms with Gasteiger partial charge in [0.1, 0.15) is 0 Å². The van der Waals surface area contributed by atoms with Crippen LogP contribution in [0, 0.1) is 0 Å². The zero-order valence-electron chi connectivity index (χ0n) is 13.4. The van der Waals surface area contributed by atoms with Gasteiger partial charge in [0.25, 0.3) is 0 Å². The second-order valence-corrected chi connectivity index (χ2v) is 7.14. The minimum absolute atomic E-state index is 0.176. The third-order valence-corrected chi connectivity index (χ3v) is 5.31. The monoisotopic (exact) mass is 328 g/mol. The summed E-state index contributed by atoms with van der Waals surface area (Å²) < 4.78 is 0. The normalized spacial score (nSPS) is 17.5. The van der Waals surface area contributed by atoms with Gasteiger partial charge in [-0.3, -0.25) is 4.79 Å². The molecule has 122 valence electrons. The van der Waals surface area contributed by atoms with E-state index in [9.17, 15) is 4.79 Å². The molecule has 2 aromatic rings. The number of benzene rings is 2. The van der Waals surface area contributed by atoms with Crippen LogP contribution >= 0.6 is 11.8 Å². The molecule has 1 aliphatic rings. The summed E-state index contributed by atoms with van der Waals surface area (Å²) in [7, 11) is 0. The van der Waals surface area contributed by atoms with Gasteiger partial charge in [-0.25, -0.2) is 0 Å². The smallest absolute Gasteiger partial charge is 0.221 e. The highest BCUT2D eigenvalue weighted by molar-refractivity contribution is 7.98. The molecular formula is C19H24N2OS. The third-order valence-electron chi connectivity index (χ3n) is 4.30. The van der Waals surface area contributed by atoms with Gasteiger partial charge in [0.2, 0.25) is 5.91 Å². The molecule has 0 saturated carbocycles. The maximum absolute atomic E-state index is 11.8. The first kappa shape index (κ1) is 16.3. The van der Waals surface area contributed by atoms with Crippen molar-refractivity contribution in [3.8, 4) is 0 Å². The minimum atomic E-state index is 0.176. The van der Waals surface area contributed by atoms with Crippen molar-refractivity contribution in [3.05, 3.63) is 48.0 Å². The van der Waals surface area contributed by atoms with Gasteiger partial charge in [-0.15, -0.1) is 0 Å².